The maximum absolute atomic E-state index is 11.9. The highest BCUT2D eigenvalue weighted by atomic mass is 16.5. The molecule has 2 rings (SSSR count). The number of ketones is 2. The zero-order valence-corrected chi connectivity index (χ0v) is 8.53. The summed E-state index contributed by atoms with van der Waals surface area (Å²) >= 11 is 0. The number of rotatable bonds is 1. The number of aryl methyl sites for hydroxylation is 1. The Morgan fingerprint density at radius 3 is 2.60 bits per heavy atom. The van der Waals surface area contributed by atoms with E-state index in [1.807, 2.05) is 13.0 Å². The molecule has 0 radical (unpaired) electrons. The van der Waals surface area contributed by atoms with Crippen LogP contribution in [0.15, 0.2) is 30.0 Å². The molecule has 76 valence electrons. The van der Waals surface area contributed by atoms with Gasteiger partial charge in [-0.3, -0.25) is 9.59 Å². The molecular weight excluding hydrogens is 192 g/mol. The van der Waals surface area contributed by atoms with E-state index in [1.165, 1.54) is 13.2 Å². The summed E-state index contributed by atoms with van der Waals surface area (Å²) in [5.74, 6) is -0.280. The van der Waals surface area contributed by atoms with E-state index in [4.69, 9.17) is 4.74 Å². The Hall–Kier alpha value is -1.90. The van der Waals surface area contributed by atoms with E-state index >= 15 is 0 Å². The Labute approximate surface area is 87.4 Å². The summed E-state index contributed by atoms with van der Waals surface area (Å²) in [5.41, 5.74) is 1.72. The van der Waals surface area contributed by atoms with E-state index in [9.17, 15) is 9.59 Å². The molecule has 0 unspecified atom stereocenters. The molecule has 0 heterocycles. The van der Waals surface area contributed by atoms with Crippen molar-refractivity contribution in [1.82, 2.24) is 0 Å². The molecule has 0 N–H and O–H groups in total. The van der Waals surface area contributed by atoms with E-state index in [0.29, 0.717) is 11.1 Å². The van der Waals surface area contributed by atoms with Crippen LogP contribution >= 0.6 is 0 Å². The molecular formula is C12H10O3. The summed E-state index contributed by atoms with van der Waals surface area (Å²) in [6.45, 7) is 1.81. The van der Waals surface area contributed by atoms with Gasteiger partial charge in [0.05, 0.1) is 7.11 Å². The van der Waals surface area contributed by atoms with Crippen molar-refractivity contribution in [2.45, 2.75) is 6.92 Å². The van der Waals surface area contributed by atoms with Crippen LogP contribution < -0.4 is 0 Å². The summed E-state index contributed by atoms with van der Waals surface area (Å²) in [4.78, 5) is 23.5. The van der Waals surface area contributed by atoms with Gasteiger partial charge in [-0.05, 0) is 12.5 Å². The third kappa shape index (κ3) is 1.36. The molecule has 1 aromatic rings. The first-order valence-electron chi connectivity index (χ1n) is 4.59. The number of benzene rings is 1. The second-order valence-corrected chi connectivity index (χ2v) is 3.40. The lowest BCUT2D eigenvalue weighted by Gasteiger charge is -2.15. The smallest absolute Gasteiger partial charge is 0.228 e. The molecule has 0 spiro atoms. The molecule has 0 aliphatic heterocycles. The van der Waals surface area contributed by atoms with Crippen molar-refractivity contribution in [1.29, 1.82) is 0 Å². The fourth-order valence-corrected chi connectivity index (χ4v) is 1.71. The fourth-order valence-electron chi connectivity index (χ4n) is 1.71. The number of carbonyl (C=O) groups excluding carboxylic acids is 2. The zero-order chi connectivity index (χ0) is 11.0. The Balaban J connectivity index is 2.68. The number of Topliss-reactive ketones (excluding diaryl/α,β-unsaturated/α-hetero) is 1. The summed E-state index contributed by atoms with van der Waals surface area (Å²) in [5, 5.41) is 0. The van der Waals surface area contributed by atoms with Crippen LogP contribution in [0.5, 0.6) is 0 Å². The first-order chi connectivity index (χ1) is 7.15. The van der Waals surface area contributed by atoms with Crippen molar-refractivity contribution in [2.24, 2.45) is 0 Å². The predicted molar refractivity (Wildman–Crippen MR) is 54.9 cm³/mol. The van der Waals surface area contributed by atoms with E-state index < -0.39 is 0 Å². The molecule has 0 bridgehead atoms. The highest BCUT2D eigenvalue weighted by Gasteiger charge is 2.27. The van der Waals surface area contributed by atoms with Gasteiger partial charge >= 0.3 is 0 Å². The number of hydrogen-bond donors (Lipinski definition) is 0. The monoisotopic (exact) mass is 202 g/mol. The fraction of sp³-hybridized carbons (Fsp3) is 0.167. The second kappa shape index (κ2) is 3.35. The number of carbonyl (C=O) groups is 2. The SMILES string of the molecule is COC1=CC(=O)c2cccc(C)c2C1=O. The molecule has 0 amide bonds. The van der Waals surface area contributed by atoms with Crippen LogP contribution in [-0.2, 0) is 4.74 Å². The minimum Gasteiger partial charge on any atom is -0.492 e. The van der Waals surface area contributed by atoms with Crippen LogP contribution in [-0.4, -0.2) is 18.7 Å². The van der Waals surface area contributed by atoms with Crippen LogP contribution in [0.4, 0.5) is 0 Å². The Morgan fingerprint density at radius 2 is 1.93 bits per heavy atom. The third-order valence-corrected chi connectivity index (χ3v) is 2.47. The van der Waals surface area contributed by atoms with Gasteiger partial charge < -0.3 is 4.74 Å². The average molecular weight is 202 g/mol. The van der Waals surface area contributed by atoms with E-state index in [2.05, 4.69) is 0 Å². The first kappa shape index (κ1) is 9.65. The number of methoxy groups -OCH3 is 1. The van der Waals surface area contributed by atoms with Gasteiger partial charge in [0.25, 0.3) is 0 Å². The van der Waals surface area contributed by atoms with Crippen molar-refractivity contribution in [2.75, 3.05) is 7.11 Å². The zero-order valence-electron chi connectivity index (χ0n) is 8.53. The summed E-state index contributed by atoms with van der Waals surface area (Å²) in [6, 6.07) is 5.24. The minimum atomic E-state index is -0.217. The van der Waals surface area contributed by atoms with Crippen molar-refractivity contribution < 1.29 is 14.3 Å². The van der Waals surface area contributed by atoms with Crippen LogP contribution in [0.3, 0.4) is 0 Å². The molecule has 3 heteroatoms. The molecule has 0 fully saturated rings. The molecule has 1 aliphatic rings. The van der Waals surface area contributed by atoms with Gasteiger partial charge in [0.1, 0.15) is 0 Å². The first-order valence-corrected chi connectivity index (χ1v) is 4.59. The van der Waals surface area contributed by atoms with E-state index in [-0.39, 0.29) is 17.3 Å². The number of ether oxygens (including phenoxy) is 1. The summed E-state index contributed by atoms with van der Waals surface area (Å²) < 4.78 is 4.88. The standard InChI is InChI=1S/C12H10O3/c1-7-4-3-5-8-9(13)6-10(15-2)12(14)11(7)8/h3-6H,1-2H3. The van der Waals surface area contributed by atoms with Crippen molar-refractivity contribution in [3.8, 4) is 0 Å². The molecule has 3 nitrogen and oxygen atoms in total. The van der Waals surface area contributed by atoms with E-state index in [0.717, 1.165) is 5.56 Å². The Kier molecular flexibility index (Phi) is 2.15. The molecule has 0 atom stereocenters. The molecule has 0 saturated carbocycles. The molecule has 15 heavy (non-hydrogen) atoms. The van der Waals surface area contributed by atoms with Crippen LogP contribution in [0.1, 0.15) is 26.3 Å². The van der Waals surface area contributed by atoms with Crippen LogP contribution in [0.25, 0.3) is 0 Å². The minimum absolute atomic E-state index is 0.113. The van der Waals surface area contributed by atoms with E-state index in [1.54, 1.807) is 12.1 Å². The lowest BCUT2D eigenvalue weighted by molar-refractivity contribution is 0.0916. The second-order valence-electron chi connectivity index (χ2n) is 3.40. The van der Waals surface area contributed by atoms with Gasteiger partial charge in [-0.25, -0.2) is 0 Å². The molecule has 0 saturated heterocycles. The largest absolute Gasteiger partial charge is 0.492 e. The number of fused-ring (bicyclic) bond motifs is 1. The van der Waals surface area contributed by atoms with Gasteiger partial charge in [-0.2, -0.15) is 0 Å². The average Bonchev–Trinajstić information content (AvgIpc) is 2.23. The molecule has 0 aromatic heterocycles. The lowest BCUT2D eigenvalue weighted by Crippen LogP contribution is -2.19. The van der Waals surface area contributed by atoms with Crippen molar-refractivity contribution in [3.05, 3.63) is 46.7 Å². The van der Waals surface area contributed by atoms with Crippen molar-refractivity contribution >= 4 is 11.6 Å². The molecule has 1 aromatic carbocycles. The third-order valence-electron chi connectivity index (χ3n) is 2.47. The quantitative estimate of drug-likeness (QED) is 0.698. The number of allylic oxidation sites excluding steroid dienone is 2. The maximum Gasteiger partial charge on any atom is 0.228 e. The van der Waals surface area contributed by atoms with Crippen molar-refractivity contribution in [3.63, 3.8) is 0 Å². The lowest BCUT2D eigenvalue weighted by atomic mass is 9.90. The normalized spacial score (nSPS) is 14.7. The van der Waals surface area contributed by atoms with Gasteiger partial charge in [0.15, 0.2) is 11.5 Å². The van der Waals surface area contributed by atoms with Gasteiger partial charge in [-0.1, -0.05) is 18.2 Å². The van der Waals surface area contributed by atoms with Crippen LogP contribution in [0, 0.1) is 6.92 Å². The van der Waals surface area contributed by atoms with Gasteiger partial charge in [-0.15, -0.1) is 0 Å². The number of hydrogen-bond acceptors (Lipinski definition) is 3. The highest BCUT2D eigenvalue weighted by Crippen LogP contribution is 2.24. The predicted octanol–water partition coefficient (Wildman–Crippen LogP) is 1.90. The summed E-state index contributed by atoms with van der Waals surface area (Å²) in [7, 11) is 1.39. The molecule has 1 aliphatic carbocycles. The summed E-state index contributed by atoms with van der Waals surface area (Å²) in [6.07, 6.45) is 1.24. The Bertz CT molecular complexity index is 484. The van der Waals surface area contributed by atoms with Crippen LogP contribution in [0.2, 0.25) is 0 Å². The Morgan fingerprint density at radius 1 is 1.20 bits per heavy atom. The maximum atomic E-state index is 11.9. The topological polar surface area (TPSA) is 43.4 Å². The van der Waals surface area contributed by atoms with Gasteiger partial charge in [0.2, 0.25) is 5.78 Å². The van der Waals surface area contributed by atoms with Gasteiger partial charge in [0, 0.05) is 17.2 Å². The highest BCUT2D eigenvalue weighted by molar-refractivity contribution is 6.24.